The molecule has 0 spiro atoms. The van der Waals surface area contributed by atoms with Crippen LogP contribution in [-0.4, -0.2) is 11.3 Å². The minimum Gasteiger partial charge on any atom is -0.506 e. The van der Waals surface area contributed by atoms with E-state index in [-0.39, 0.29) is 5.75 Å². The molecule has 2 nitrogen and oxygen atoms in total. The second-order valence-corrected chi connectivity index (χ2v) is 5.89. The van der Waals surface area contributed by atoms with Crippen molar-refractivity contribution in [1.82, 2.24) is 0 Å². The number of aromatic hydroxyl groups is 1. The summed E-state index contributed by atoms with van der Waals surface area (Å²) < 4.78 is 1.07. The smallest absolute Gasteiger partial charge is 0.141 e. The van der Waals surface area contributed by atoms with E-state index in [0.29, 0.717) is 5.69 Å². The molecule has 0 radical (unpaired) electrons. The molecular formula is C12H10BrNOS. The Morgan fingerprint density at radius 2 is 2.12 bits per heavy atom. The molecule has 0 bridgehead atoms. The second kappa shape index (κ2) is 4.80. The molecule has 2 aromatic rings. The monoisotopic (exact) mass is 295 g/mol. The number of phenols is 1. The minimum absolute atomic E-state index is 0.206. The Labute approximate surface area is 106 Å². The van der Waals surface area contributed by atoms with Crippen LogP contribution in [0.25, 0.3) is 0 Å². The van der Waals surface area contributed by atoms with Gasteiger partial charge in [0.1, 0.15) is 11.4 Å². The third-order valence-electron chi connectivity index (χ3n) is 2.06. The number of rotatable bonds is 2. The van der Waals surface area contributed by atoms with Gasteiger partial charge in [0.15, 0.2) is 0 Å². The Kier molecular flexibility index (Phi) is 3.41. The molecule has 16 heavy (non-hydrogen) atoms. The van der Waals surface area contributed by atoms with Gasteiger partial charge in [-0.25, -0.2) is 0 Å². The van der Waals surface area contributed by atoms with Gasteiger partial charge in [0.05, 0.1) is 3.79 Å². The van der Waals surface area contributed by atoms with Crippen LogP contribution < -0.4 is 0 Å². The van der Waals surface area contributed by atoms with Gasteiger partial charge < -0.3 is 5.11 Å². The Morgan fingerprint density at radius 1 is 1.31 bits per heavy atom. The summed E-state index contributed by atoms with van der Waals surface area (Å²) >= 11 is 4.99. The van der Waals surface area contributed by atoms with E-state index in [9.17, 15) is 5.11 Å². The van der Waals surface area contributed by atoms with E-state index in [2.05, 4.69) is 20.9 Å². The number of halogens is 1. The maximum Gasteiger partial charge on any atom is 0.141 e. The van der Waals surface area contributed by atoms with Crippen LogP contribution in [0.5, 0.6) is 5.75 Å². The standard InChI is InChI=1S/C12H10BrNOS/c1-8-2-4-11(15)10(6-8)14-7-9-3-5-12(13)16-9/h2-7,15H,1H3. The molecule has 4 heteroatoms. The number of aliphatic imine (C=N–C) groups is 1. The van der Waals surface area contributed by atoms with Crippen molar-refractivity contribution in [2.24, 2.45) is 4.99 Å². The molecule has 1 heterocycles. The van der Waals surface area contributed by atoms with E-state index >= 15 is 0 Å². The predicted molar refractivity (Wildman–Crippen MR) is 72.1 cm³/mol. The highest BCUT2D eigenvalue weighted by Crippen LogP contribution is 2.27. The number of nitrogens with zero attached hydrogens (tertiary/aromatic N) is 1. The molecular weight excluding hydrogens is 286 g/mol. The van der Waals surface area contributed by atoms with Crippen LogP contribution in [0.1, 0.15) is 10.4 Å². The zero-order chi connectivity index (χ0) is 11.5. The van der Waals surface area contributed by atoms with Crippen molar-refractivity contribution in [3.8, 4) is 5.75 Å². The molecule has 0 saturated heterocycles. The summed E-state index contributed by atoms with van der Waals surface area (Å²) in [5, 5.41) is 9.60. The minimum atomic E-state index is 0.206. The molecule has 1 N–H and O–H groups in total. The molecule has 2 rings (SSSR count). The lowest BCUT2D eigenvalue weighted by Gasteiger charge is -1.99. The summed E-state index contributed by atoms with van der Waals surface area (Å²) in [5.74, 6) is 0.206. The molecule has 0 fully saturated rings. The van der Waals surface area contributed by atoms with Crippen molar-refractivity contribution in [1.29, 1.82) is 0 Å². The van der Waals surface area contributed by atoms with Gasteiger partial charge in [-0.15, -0.1) is 11.3 Å². The molecule has 0 aliphatic carbocycles. The maximum atomic E-state index is 9.60. The van der Waals surface area contributed by atoms with Crippen LogP contribution in [0.3, 0.4) is 0 Å². The van der Waals surface area contributed by atoms with Gasteiger partial charge in [0.25, 0.3) is 0 Å². The van der Waals surface area contributed by atoms with Crippen molar-refractivity contribution in [3.05, 3.63) is 44.6 Å². The second-order valence-electron chi connectivity index (χ2n) is 3.39. The Balaban J connectivity index is 2.26. The van der Waals surface area contributed by atoms with E-state index in [4.69, 9.17) is 0 Å². The number of thiophene rings is 1. The summed E-state index contributed by atoms with van der Waals surface area (Å²) in [6, 6.07) is 9.32. The molecule has 0 aliphatic heterocycles. The highest BCUT2D eigenvalue weighted by Gasteiger charge is 1.99. The fourth-order valence-corrected chi connectivity index (χ4v) is 2.56. The molecule has 0 atom stereocenters. The molecule has 82 valence electrons. The van der Waals surface area contributed by atoms with Crippen molar-refractivity contribution in [2.75, 3.05) is 0 Å². The quantitative estimate of drug-likeness (QED) is 0.824. The van der Waals surface area contributed by atoms with Crippen LogP contribution in [0.15, 0.2) is 39.1 Å². The van der Waals surface area contributed by atoms with Crippen LogP contribution in [0.2, 0.25) is 0 Å². The summed E-state index contributed by atoms with van der Waals surface area (Å²) in [4.78, 5) is 5.31. The first kappa shape index (κ1) is 11.4. The molecule has 0 aliphatic rings. The molecule has 0 saturated carbocycles. The van der Waals surface area contributed by atoms with E-state index in [1.165, 1.54) is 0 Å². The number of benzene rings is 1. The normalized spacial score (nSPS) is 11.1. The van der Waals surface area contributed by atoms with Gasteiger partial charge in [-0.1, -0.05) is 6.07 Å². The van der Waals surface area contributed by atoms with Gasteiger partial charge in [-0.3, -0.25) is 4.99 Å². The number of aryl methyl sites for hydroxylation is 1. The Bertz CT molecular complexity index is 534. The third-order valence-corrected chi connectivity index (χ3v) is 3.61. The molecule has 1 aromatic heterocycles. The maximum absolute atomic E-state index is 9.60. The lowest BCUT2D eigenvalue weighted by Crippen LogP contribution is -1.75. The molecule has 0 unspecified atom stereocenters. The van der Waals surface area contributed by atoms with E-state index in [0.717, 1.165) is 14.2 Å². The zero-order valence-corrected chi connectivity index (χ0v) is 11.0. The molecule has 1 aromatic carbocycles. The largest absolute Gasteiger partial charge is 0.506 e. The van der Waals surface area contributed by atoms with Gasteiger partial charge >= 0.3 is 0 Å². The first-order valence-electron chi connectivity index (χ1n) is 4.74. The number of phenolic OH excluding ortho intramolecular Hbond substituents is 1. The van der Waals surface area contributed by atoms with E-state index < -0.39 is 0 Å². The van der Waals surface area contributed by atoms with Crippen molar-refractivity contribution in [3.63, 3.8) is 0 Å². The summed E-state index contributed by atoms with van der Waals surface area (Å²) in [7, 11) is 0. The van der Waals surface area contributed by atoms with Crippen molar-refractivity contribution in [2.45, 2.75) is 6.92 Å². The van der Waals surface area contributed by atoms with E-state index in [1.54, 1.807) is 23.6 Å². The average Bonchev–Trinajstić information content (AvgIpc) is 2.66. The number of hydrogen-bond acceptors (Lipinski definition) is 3. The fourth-order valence-electron chi connectivity index (χ4n) is 1.27. The number of hydrogen-bond donors (Lipinski definition) is 1. The van der Waals surface area contributed by atoms with Crippen LogP contribution in [0.4, 0.5) is 5.69 Å². The summed E-state index contributed by atoms with van der Waals surface area (Å²) in [6.07, 6.45) is 1.75. The lowest BCUT2D eigenvalue weighted by atomic mass is 10.2. The first-order valence-corrected chi connectivity index (χ1v) is 6.35. The predicted octanol–water partition coefficient (Wildman–Crippen LogP) is 4.28. The van der Waals surface area contributed by atoms with Crippen LogP contribution >= 0.6 is 27.3 Å². The summed E-state index contributed by atoms with van der Waals surface area (Å²) in [6.45, 7) is 1.97. The van der Waals surface area contributed by atoms with Gasteiger partial charge in [0.2, 0.25) is 0 Å². The van der Waals surface area contributed by atoms with Crippen LogP contribution in [0, 0.1) is 6.92 Å². The highest BCUT2D eigenvalue weighted by atomic mass is 79.9. The Morgan fingerprint density at radius 3 is 2.81 bits per heavy atom. The van der Waals surface area contributed by atoms with Crippen molar-refractivity contribution >= 4 is 39.2 Å². The van der Waals surface area contributed by atoms with Gasteiger partial charge in [0, 0.05) is 11.1 Å². The topological polar surface area (TPSA) is 32.6 Å². The first-order chi connectivity index (χ1) is 7.65. The zero-order valence-electron chi connectivity index (χ0n) is 8.64. The highest BCUT2D eigenvalue weighted by molar-refractivity contribution is 9.11. The SMILES string of the molecule is Cc1ccc(O)c(N=Cc2ccc(Br)s2)c1. The Hall–Kier alpha value is -1.13. The third kappa shape index (κ3) is 2.71. The lowest BCUT2D eigenvalue weighted by molar-refractivity contribution is 0.477. The average molecular weight is 296 g/mol. The van der Waals surface area contributed by atoms with E-state index in [1.807, 2.05) is 31.2 Å². The van der Waals surface area contributed by atoms with Gasteiger partial charge in [-0.05, 0) is 52.7 Å². The van der Waals surface area contributed by atoms with Crippen LogP contribution in [-0.2, 0) is 0 Å². The van der Waals surface area contributed by atoms with Gasteiger partial charge in [-0.2, -0.15) is 0 Å². The molecule has 0 amide bonds. The fraction of sp³-hybridized carbons (Fsp3) is 0.0833. The van der Waals surface area contributed by atoms with Crippen molar-refractivity contribution < 1.29 is 5.11 Å². The summed E-state index contributed by atoms with van der Waals surface area (Å²) in [5.41, 5.74) is 1.68.